The summed E-state index contributed by atoms with van der Waals surface area (Å²) in [5, 5.41) is 16.6. The predicted molar refractivity (Wildman–Crippen MR) is 66.3 cm³/mol. The fourth-order valence-electron chi connectivity index (χ4n) is 1.20. The molecule has 1 rings (SSSR count). The van der Waals surface area contributed by atoms with Crippen molar-refractivity contribution < 1.29 is 9.90 Å². The van der Waals surface area contributed by atoms with E-state index in [9.17, 15) is 9.90 Å². The third-order valence-electron chi connectivity index (χ3n) is 2.53. The van der Waals surface area contributed by atoms with E-state index in [0.29, 0.717) is 5.57 Å². The Morgan fingerprint density at radius 1 is 1.69 bits per heavy atom. The van der Waals surface area contributed by atoms with Crippen molar-refractivity contribution in [3.63, 3.8) is 0 Å². The number of carbonyl (C=O) groups excluding carboxylic acids is 1. The molecular weight excluding hydrogens is 222 g/mol. The van der Waals surface area contributed by atoms with Crippen LogP contribution in [0.15, 0.2) is 28.5 Å². The van der Waals surface area contributed by atoms with E-state index in [4.69, 9.17) is 0 Å². The molecule has 0 spiro atoms. The molecule has 0 aliphatic carbocycles. The molecule has 0 aliphatic heterocycles. The molecule has 1 unspecified atom stereocenters. The van der Waals surface area contributed by atoms with Crippen molar-refractivity contribution in [2.45, 2.75) is 26.4 Å². The summed E-state index contributed by atoms with van der Waals surface area (Å²) >= 11 is 1.53. The van der Waals surface area contributed by atoms with Gasteiger partial charge >= 0.3 is 0 Å². The monoisotopic (exact) mass is 239 g/mol. The van der Waals surface area contributed by atoms with Crippen molar-refractivity contribution in [2.75, 3.05) is 6.54 Å². The maximum atomic E-state index is 11.5. The van der Waals surface area contributed by atoms with Crippen LogP contribution in [-0.4, -0.2) is 17.6 Å². The van der Waals surface area contributed by atoms with Gasteiger partial charge in [0, 0.05) is 5.57 Å². The molecule has 0 saturated heterocycles. The maximum absolute atomic E-state index is 11.5. The Labute approximate surface area is 99.8 Å². The van der Waals surface area contributed by atoms with Crippen LogP contribution in [0.25, 0.3) is 0 Å². The van der Waals surface area contributed by atoms with Gasteiger partial charge in [0.1, 0.15) is 5.60 Å². The lowest BCUT2D eigenvalue weighted by Crippen LogP contribution is -2.38. The van der Waals surface area contributed by atoms with Crippen molar-refractivity contribution in [3.05, 3.63) is 34.0 Å². The Morgan fingerprint density at radius 2 is 2.38 bits per heavy atom. The number of nitrogens with one attached hydrogen (secondary N) is 1. The van der Waals surface area contributed by atoms with Gasteiger partial charge in [-0.25, -0.2) is 0 Å². The van der Waals surface area contributed by atoms with Crippen molar-refractivity contribution >= 4 is 17.2 Å². The summed E-state index contributed by atoms with van der Waals surface area (Å²) in [6.07, 6.45) is 1.74. The van der Waals surface area contributed by atoms with Crippen LogP contribution in [-0.2, 0) is 10.4 Å². The first kappa shape index (κ1) is 12.9. The summed E-state index contributed by atoms with van der Waals surface area (Å²) in [5.41, 5.74) is 0.473. The van der Waals surface area contributed by atoms with E-state index in [-0.39, 0.29) is 12.5 Å². The average Bonchev–Trinajstić information content (AvgIpc) is 2.78. The molecule has 0 bridgehead atoms. The largest absolute Gasteiger partial charge is 0.384 e. The number of amides is 1. The summed E-state index contributed by atoms with van der Waals surface area (Å²) in [7, 11) is 0. The van der Waals surface area contributed by atoms with Gasteiger partial charge in [-0.05, 0) is 43.2 Å². The summed E-state index contributed by atoms with van der Waals surface area (Å²) in [5.74, 6) is -0.141. The fourth-order valence-corrected chi connectivity index (χ4v) is 1.98. The zero-order chi connectivity index (χ0) is 12.2. The summed E-state index contributed by atoms with van der Waals surface area (Å²) in [4.78, 5) is 11.5. The number of hydrogen-bond donors (Lipinski definition) is 2. The molecule has 1 atom stereocenters. The second-order valence-electron chi connectivity index (χ2n) is 3.94. The van der Waals surface area contributed by atoms with Gasteiger partial charge < -0.3 is 10.4 Å². The number of thiophene rings is 1. The molecule has 16 heavy (non-hydrogen) atoms. The molecule has 0 radical (unpaired) electrons. The molecule has 1 heterocycles. The highest BCUT2D eigenvalue weighted by atomic mass is 32.1. The molecule has 0 fully saturated rings. The lowest BCUT2D eigenvalue weighted by atomic mass is 9.99. The highest BCUT2D eigenvalue weighted by Crippen LogP contribution is 2.21. The Kier molecular flexibility index (Phi) is 4.26. The van der Waals surface area contributed by atoms with E-state index < -0.39 is 5.60 Å². The molecule has 2 N–H and O–H groups in total. The summed E-state index contributed by atoms with van der Waals surface area (Å²) < 4.78 is 0. The van der Waals surface area contributed by atoms with Gasteiger partial charge in [-0.3, -0.25) is 4.79 Å². The highest BCUT2D eigenvalue weighted by molar-refractivity contribution is 7.08. The quantitative estimate of drug-likeness (QED) is 0.790. The molecule has 4 heteroatoms. The SMILES string of the molecule is CC=C(C)C(=O)NCC(C)(O)c1ccsc1. The van der Waals surface area contributed by atoms with Crippen LogP contribution in [0.1, 0.15) is 26.3 Å². The molecule has 1 aromatic heterocycles. The Bertz CT molecular complexity index is 380. The van der Waals surface area contributed by atoms with Crippen molar-refractivity contribution in [1.82, 2.24) is 5.32 Å². The average molecular weight is 239 g/mol. The smallest absolute Gasteiger partial charge is 0.246 e. The summed E-state index contributed by atoms with van der Waals surface area (Å²) in [6.45, 7) is 5.47. The van der Waals surface area contributed by atoms with Crippen LogP contribution in [0.4, 0.5) is 0 Å². The van der Waals surface area contributed by atoms with Crippen molar-refractivity contribution in [2.24, 2.45) is 0 Å². The Hall–Kier alpha value is -1.13. The Balaban J connectivity index is 2.59. The molecule has 88 valence electrons. The van der Waals surface area contributed by atoms with E-state index in [0.717, 1.165) is 5.56 Å². The van der Waals surface area contributed by atoms with Gasteiger partial charge in [-0.1, -0.05) is 6.08 Å². The van der Waals surface area contributed by atoms with Crippen LogP contribution in [0.3, 0.4) is 0 Å². The first-order valence-corrected chi connectivity index (χ1v) is 6.08. The lowest BCUT2D eigenvalue weighted by molar-refractivity contribution is -0.118. The lowest BCUT2D eigenvalue weighted by Gasteiger charge is -2.22. The summed E-state index contributed by atoms with van der Waals surface area (Å²) in [6, 6.07) is 1.86. The van der Waals surface area contributed by atoms with Crippen LogP contribution in [0.5, 0.6) is 0 Å². The van der Waals surface area contributed by atoms with Gasteiger partial charge in [-0.2, -0.15) is 11.3 Å². The van der Waals surface area contributed by atoms with Crippen LogP contribution in [0.2, 0.25) is 0 Å². The van der Waals surface area contributed by atoms with E-state index >= 15 is 0 Å². The predicted octanol–water partition coefficient (Wildman–Crippen LogP) is 2.04. The normalized spacial score (nSPS) is 15.6. The van der Waals surface area contributed by atoms with Gasteiger partial charge in [0.25, 0.3) is 0 Å². The molecule has 1 amide bonds. The standard InChI is InChI=1S/C12H17NO2S/c1-4-9(2)11(14)13-8-12(3,15)10-5-6-16-7-10/h4-7,15H,8H2,1-3H3,(H,13,14). The minimum absolute atomic E-state index is 0.141. The third kappa shape index (κ3) is 3.18. The van der Waals surface area contributed by atoms with Gasteiger partial charge in [0.05, 0.1) is 6.54 Å². The molecule has 3 nitrogen and oxygen atoms in total. The number of aliphatic hydroxyl groups is 1. The minimum atomic E-state index is -1.01. The van der Waals surface area contributed by atoms with Gasteiger partial charge in [-0.15, -0.1) is 0 Å². The first-order valence-electron chi connectivity index (χ1n) is 5.13. The van der Waals surface area contributed by atoms with E-state index in [1.165, 1.54) is 11.3 Å². The van der Waals surface area contributed by atoms with Crippen LogP contribution >= 0.6 is 11.3 Å². The maximum Gasteiger partial charge on any atom is 0.246 e. The molecule has 0 saturated carbocycles. The number of rotatable bonds is 4. The highest BCUT2D eigenvalue weighted by Gasteiger charge is 2.24. The third-order valence-corrected chi connectivity index (χ3v) is 3.21. The van der Waals surface area contributed by atoms with Crippen molar-refractivity contribution in [1.29, 1.82) is 0 Å². The van der Waals surface area contributed by atoms with Crippen LogP contribution in [0, 0.1) is 0 Å². The molecule has 0 aliphatic rings. The minimum Gasteiger partial charge on any atom is -0.384 e. The second kappa shape index (κ2) is 5.27. The molecule has 1 aromatic rings. The van der Waals surface area contributed by atoms with E-state index in [1.54, 1.807) is 19.9 Å². The van der Waals surface area contributed by atoms with Gasteiger partial charge in [0.2, 0.25) is 5.91 Å². The van der Waals surface area contributed by atoms with Crippen molar-refractivity contribution in [3.8, 4) is 0 Å². The first-order chi connectivity index (χ1) is 7.47. The van der Waals surface area contributed by atoms with Crippen LogP contribution < -0.4 is 5.32 Å². The molecule has 0 aromatic carbocycles. The number of hydrogen-bond acceptors (Lipinski definition) is 3. The topological polar surface area (TPSA) is 49.3 Å². The van der Waals surface area contributed by atoms with E-state index in [1.807, 2.05) is 23.8 Å². The van der Waals surface area contributed by atoms with E-state index in [2.05, 4.69) is 5.32 Å². The second-order valence-corrected chi connectivity index (χ2v) is 4.72. The Morgan fingerprint density at radius 3 is 2.88 bits per heavy atom. The number of allylic oxidation sites excluding steroid dienone is 1. The zero-order valence-corrected chi connectivity index (χ0v) is 10.6. The van der Waals surface area contributed by atoms with Gasteiger partial charge in [0.15, 0.2) is 0 Å². The zero-order valence-electron chi connectivity index (χ0n) is 9.78. The number of carbonyl (C=O) groups is 1. The fraction of sp³-hybridized carbons (Fsp3) is 0.417. The molecular formula is C12H17NO2S.